The maximum absolute atomic E-state index is 6.29. The number of benzene rings is 2. The molecule has 1 atom stereocenters. The Morgan fingerprint density at radius 1 is 0.792 bits per heavy atom. The van der Waals surface area contributed by atoms with Gasteiger partial charge < -0.3 is 9.47 Å². The molecule has 0 N–H and O–H groups in total. The van der Waals surface area contributed by atoms with Gasteiger partial charge in [0, 0.05) is 32.8 Å². The van der Waals surface area contributed by atoms with Crippen LogP contribution in [0.4, 0.5) is 0 Å². The fourth-order valence-electron chi connectivity index (χ4n) is 2.82. The van der Waals surface area contributed by atoms with Gasteiger partial charge in [-0.2, -0.15) is 0 Å². The molecule has 2 heterocycles. The Labute approximate surface area is 159 Å². The Kier molecular flexibility index (Phi) is 3.77. The molecule has 0 amide bonds. The molecular formula is C18H10Cl4O2. The van der Waals surface area contributed by atoms with Crippen LogP contribution >= 0.6 is 46.4 Å². The molecule has 2 nitrogen and oxygen atoms in total. The highest BCUT2D eigenvalue weighted by molar-refractivity contribution is 6.36. The average molecular weight is 400 g/mol. The summed E-state index contributed by atoms with van der Waals surface area (Å²) in [6.07, 6.45) is 5.64. The van der Waals surface area contributed by atoms with E-state index >= 15 is 0 Å². The van der Waals surface area contributed by atoms with E-state index < -0.39 is 5.79 Å². The monoisotopic (exact) mass is 398 g/mol. The van der Waals surface area contributed by atoms with Gasteiger partial charge >= 0.3 is 0 Å². The molecule has 1 unspecified atom stereocenters. The first-order valence-corrected chi connectivity index (χ1v) is 8.63. The van der Waals surface area contributed by atoms with Crippen LogP contribution in [0.2, 0.25) is 20.1 Å². The van der Waals surface area contributed by atoms with E-state index in [-0.39, 0.29) is 0 Å². The van der Waals surface area contributed by atoms with E-state index in [1.807, 2.05) is 25.2 Å². The van der Waals surface area contributed by atoms with Gasteiger partial charge in [-0.05, 0) is 43.3 Å². The fraction of sp³-hybridized carbons (Fsp3) is 0.111. The highest BCUT2D eigenvalue weighted by atomic mass is 35.5. The number of halogens is 4. The smallest absolute Gasteiger partial charge is 0.294 e. The van der Waals surface area contributed by atoms with Crippen molar-refractivity contribution < 1.29 is 9.47 Å². The Morgan fingerprint density at radius 3 is 1.96 bits per heavy atom. The van der Waals surface area contributed by atoms with E-state index in [1.54, 1.807) is 24.3 Å². The zero-order valence-electron chi connectivity index (χ0n) is 12.4. The lowest BCUT2D eigenvalue weighted by atomic mass is 9.96. The summed E-state index contributed by atoms with van der Waals surface area (Å²) in [7, 11) is 0. The number of hydrogen-bond acceptors (Lipinski definition) is 2. The maximum Gasteiger partial charge on any atom is 0.294 e. The molecule has 1 spiro atoms. The highest BCUT2D eigenvalue weighted by Crippen LogP contribution is 2.47. The predicted molar refractivity (Wildman–Crippen MR) is 99.6 cm³/mol. The van der Waals surface area contributed by atoms with Crippen molar-refractivity contribution >= 4 is 58.6 Å². The molecule has 0 aromatic heterocycles. The van der Waals surface area contributed by atoms with Gasteiger partial charge in [0.25, 0.3) is 5.79 Å². The molecule has 0 radical (unpaired) electrons. The van der Waals surface area contributed by atoms with E-state index in [1.165, 1.54) is 0 Å². The largest absolute Gasteiger partial charge is 0.443 e. The van der Waals surface area contributed by atoms with Crippen molar-refractivity contribution in [3.8, 4) is 11.5 Å². The average Bonchev–Trinajstić information content (AvgIpc) is 2.50. The Hall–Kier alpha value is -1.32. The van der Waals surface area contributed by atoms with Crippen LogP contribution in [0.3, 0.4) is 0 Å². The van der Waals surface area contributed by atoms with Crippen molar-refractivity contribution in [2.75, 3.05) is 0 Å². The number of fused-ring (bicyclic) bond motifs is 2. The van der Waals surface area contributed by atoms with E-state index in [2.05, 4.69) is 0 Å². The lowest BCUT2D eigenvalue weighted by Crippen LogP contribution is -2.44. The predicted octanol–water partition coefficient (Wildman–Crippen LogP) is 6.90. The normalized spacial score (nSPS) is 20.8. The third-order valence-electron chi connectivity index (χ3n) is 3.99. The molecule has 2 aromatic carbocycles. The van der Waals surface area contributed by atoms with Crippen LogP contribution in [-0.2, 0) is 0 Å². The van der Waals surface area contributed by atoms with Gasteiger partial charge in [0.1, 0.15) is 0 Å². The molecule has 4 rings (SSSR count). The van der Waals surface area contributed by atoms with E-state index in [0.29, 0.717) is 31.6 Å². The Bertz CT molecular complexity index is 929. The summed E-state index contributed by atoms with van der Waals surface area (Å²) in [6.45, 7) is 1.91. The van der Waals surface area contributed by atoms with Gasteiger partial charge in [0.2, 0.25) is 0 Å². The Morgan fingerprint density at radius 2 is 1.33 bits per heavy atom. The van der Waals surface area contributed by atoms with E-state index in [0.717, 1.165) is 16.7 Å². The molecular weight excluding hydrogens is 390 g/mol. The molecule has 2 aromatic rings. The van der Waals surface area contributed by atoms with Crippen molar-refractivity contribution in [3.05, 3.63) is 67.1 Å². The van der Waals surface area contributed by atoms with Crippen molar-refractivity contribution in [2.24, 2.45) is 0 Å². The van der Waals surface area contributed by atoms with Gasteiger partial charge in [-0.3, -0.25) is 0 Å². The van der Waals surface area contributed by atoms with Crippen LogP contribution in [0.15, 0.2) is 35.9 Å². The van der Waals surface area contributed by atoms with Crippen LogP contribution in [-0.4, -0.2) is 5.79 Å². The van der Waals surface area contributed by atoms with Crippen molar-refractivity contribution in [3.63, 3.8) is 0 Å². The third-order valence-corrected chi connectivity index (χ3v) is 4.98. The minimum Gasteiger partial charge on any atom is -0.443 e. The molecule has 0 saturated heterocycles. The molecule has 0 fully saturated rings. The summed E-state index contributed by atoms with van der Waals surface area (Å²) in [5.74, 6) is -0.0655. The molecule has 0 bridgehead atoms. The zero-order chi connectivity index (χ0) is 17.1. The summed E-state index contributed by atoms with van der Waals surface area (Å²) in [6, 6.07) is 6.86. The molecule has 24 heavy (non-hydrogen) atoms. The molecule has 2 aliphatic rings. The zero-order valence-corrected chi connectivity index (χ0v) is 15.4. The summed E-state index contributed by atoms with van der Waals surface area (Å²) in [5, 5.41) is 1.93. The second kappa shape index (κ2) is 5.60. The fourth-order valence-corrected chi connectivity index (χ4v) is 3.92. The molecule has 2 aliphatic heterocycles. The lowest BCUT2D eigenvalue weighted by Gasteiger charge is -2.39. The van der Waals surface area contributed by atoms with Gasteiger partial charge in [-0.1, -0.05) is 46.4 Å². The first kappa shape index (κ1) is 16.2. The van der Waals surface area contributed by atoms with Crippen LogP contribution in [0, 0.1) is 0 Å². The summed E-state index contributed by atoms with van der Waals surface area (Å²) in [5.41, 5.74) is 2.45. The minimum absolute atomic E-state index is 0.422. The van der Waals surface area contributed by atoms with E-state index in [9.17, 15) is 0 Å². The molecule has 0 saturated carbocycles. The molecule has 0 aliphatic carbocycles. The molecule has 122 valence electrons. The van der Waals surface area contributed by atoms with E-state index in [4.69, 9.17) is 55.9 Å². The first-order chi connectivity index (χ1) is 11.4. The SMILES string of the molecule is CC1=Cc2cc(Cl)cc(Cl)c2OC12C=Cc1cc(Cl)cc(Cl)c1O2. The minimum atomic E-state index is -1.10. The summed E-state index contributed by atoms with van der Waals surface area (Å²) < 4.78 is 12.3. The quantitative estimate of drug-likeness (QED) is 0.479. The van der Waals surface area contributed by atoms with Crippen molar-refractivity contribution in [2.45, 2.75) is 12.7 Å². The summed E-state index contributed by atoms with van der Waals surface area (Å²) in [4.78, 5) is 0. The number of ether oxygens (including phenoxy) is 2. The van der Waals surface area contributed by atoms with Gasteiger partial charge in [0.15, 0.2) is 11.5 Å². The van der Waals surface area contributed by atoms with Gasteiger partial charge in [-0.15, -0.1) is 0 Å². The van der Waals surface area contributed by atoms with Crippen LogP contribution < -0.4 is 9.47 Å². The van der Waals surface area contributed by atoms with Crippen LogP contribution in [0.25, 0.3) is 12.2 Å². The van der Waals surface area contributed by atoms with Gasteiger partial charge in [0.05, 0.1) is 10.0 Å². The molecule has 6 heteroatoms. The lowest BCUT2D eigenvalue weighted by molar-refractivity contribution is -0.0409. The van der Waals surface area contributed by atoms with Crippen molar-refractivity contribution in [1.29, 1.82) is 0 Å². The highest BCUT2D eigenvalue weighted by Gasteiger charge is 2.41. The van der Waals surface area contributed by atoms with Crippen molar-refractivity contribution in [1.82, 2.24) is 0 Å². The summed E-state index contributed by atoms with van der Waals surface area (Å²) >= 11 is 24.7. The van der Waals surface area contributed by atoms with Crippen LogP contribution in [0.5, 0.6) is 11.5 Å². The first-order valence-electron chi connectivity index (χ1n) is 7.12. The topological polar surface area (TPSA) is 18.5 Å². The third kappa shape index (κ3) is 2.49. The van der Waals surface area contributed by atoms with Crippen LogP contribution in [0.1, 0.15) is 18.1 Å². The second-order valence-electron chi connectivity index (χ2n) is 5.64. The Balaban J connectivity index is 1.84. The second-order valence-corrected chi connectivity index (χ2v) is 7.33. The number of hydrogen-bond donors (Lipinski definition) is 0. The van der Waals surface area contributed by atoms with Gasteiger partial charge in [-0.25, -0.2) is 0 Å². The number of rotatable bonds is 0. The standard InChI is InChI=1S/C18H10Cl4O2/c1-9-4-11-6-13(20)8-15(22)17(11)24-18(9)3-2-10-5-12(19)7-14(21)16(10)23-18/h2-8H,1H3. The maximum atomic E-state index is 6.29.